The molecule has 0 radical (unpaired) electrons. The van der Waals surface area contributed by atoms with E-state index in [-0.39, 0.29) is 10.8 Å². The maximum Gasteiger partial charge on any atom is 0.178 e. The standard InChI is InChI=1S/C23H32NO/c1-6-17-14-19-20(23(4,5)11-10-22(19,2)3)15-18(17)21(25)16-24-12-8-7-9-13-24/h7-9,12-15,21,25H,6,10-11,16H2,1-5H3/q+1/t21-/m1/s1. The second-order valence-electron chi connectivity index (χ2n) is 8.81. The molecule has 3 rings (SSSR count). The Morgan fingerprint density at radius 1 is 0.960 bits per heavy atom. The third-order valence-electron chi connectivity index (χ3n) is 6.01. The first kappa shape index (κ1) is 18.1. The summed E-state index contributed by atoms with van der Waals surface area (Å²) >= 11 is 0. The average Bonchev–Trinajstić information content (AvgIpc) is 2.59. The highest BCUT2D eigenvalue weighted by molar-refractivity contribution is 5.48. The highest BCUT2D eigenvalue weighted by atomic mass is 16.3. The Morgan fingerprint density at radius 2 is 1.52 bits per heavy atom. The van der Waals surface area contributed by atoms with Gasteiger partial charge in [0, 0.05) is 12.1 Å². The van der Waals surface area contributed by atoms with E-state index in [2.05, 4.69) is 51.3 Å². The zero-order valence-corrected chi connectivity index (χ0v) is 16.3. The molecule has 1 aromatic carbocycles. The van der Waals surface area contributed by atoms with Gasteiger partial charge in [0.25, 0.3) is 0 Å². The summed E-state index contributed by atoms with van der Waals surface area (Å²) in [5.41, 5.74) is 5.67. The van der Waals surface area contributed by atoms with Crippen LogP contribution >= 0.6 is 0 Å². The molecule has 1 atom stereocenters. The number of hydrogen-bond acceptors (Lipinski definition) is 1. The Kier molecular flexibility index (Phi) is 4.76. The molecule has 134 valence electrons. The number of aliphatic hydroxyl groups excluding tert-OH is 1. The molecule has 2 heteroatoms. The highest BCUT2D eigenvalue weighted by Gasteiger charge is 2.38. The van der Waals surface area contributed by atoms with Crippen molar-refractivity contribution in [2.75, 3.05) is 0 Å². The number of aryl methyl sites for hydroxylation is 1. The van der Waals surface area contributed by atoms with Crippen molar-refractivity contribution in [2.24, 2.45) is 0 Å². The normalized spacial score (nSPS) is 19.3. The van der Waals surface area contributed by atoms with E-state index in [9.17, 15) is 5.11 Å². The van der Waals surface area contributed by atoms with E-state index >= 15 is 0 Å². The first-order chi connectivity index (χ1) is 11.7. The van der Waals surface area contributed by atoms with Crippen LogP contribution in [0.15, 0.2) is 42.7 Å². The predicted molar refractivity (Wildman–Crippen MR) is 103 cm³/mol. The maximum atomic E-state index is 11.0. The molecule has 1 heterocycles. The minimum atomic E-state index is -0.478. The van der Waals surface area contributed by atoms with Gasteiger partial charge < -0.3 is 5.11 Å². The van der Waals surface area contributed by atoms with Gasteiger partial charge in [0.2, 0.25) is 0 Å². The Bertz CT molecular complexity index is 746. The van der Waals surface area contributed by atoms with Gasteiger partial charge in [0.1, 0.15) is 6.10 Å². The van der Waals surface area contributed by atoms with Crippen LogP contribution in [0, 0.1) is 0 Å². The van der Waals surface area contributed by atoms with Crippen LogP contribution in [0.4, 0.5) is 0 Å². The van der Waals surface area contributed by atoms with Gasteiger partial charge in [-0.15, -0.1) is 0 Å². The molecule has 0 aliphatic heterocycles. The Labute approximate surface area is 152 Å². The predicted octanol–water partition coefficient (Wildman–Crippen LogP) is 4.62. The molecule has 0 saturated carbocycles. The monoisotopic (exact) mass is 338 g/mol. The topological polar surface area (TPSA) is 24.1 Å². The van der Waals surface area contributed by atoms with Crippen molar-refractivity contribution in [2.45, 2.75) is 77.4 Å². The van der Waals surface area contributed by atoms with Crippen LogP contribution in [-0.4, -0.2) is 5.11 Å². The summed E-state index contributed by atoms with van der Waals surface area (Å²) in [6.45, 7) is 12.2. The van der Waals surface area contributed by atoms with Gasteiger partial charge in [-0.3, -0.25) is 0 Å². The number of nitrogens with zero attached hydrogens (tertiary/aromatic N) is 1. The van der Waals surface area contributed by atoms with E-state index in [0.29, 0.717) is 6.54 Å². The average molecular weight is 339 g/mol. The molecule has 0 fully saturated rings. The van der Waals surface area contributed by atoms with Crippen molar-refractivity contribution in [1.82, 2.24) is 0 Å². The van der Waals surface area contributed by atoms with Gasteiger partial charge in [-0.25, -0.2) is 4.57 Å². The minimum Gasteiger partial charge on any atom is -0.382 e. The van der Waals surface area contributed by atoms with Crippen LogP contribution in [0.25, 0.3) is 0 Å². The fourth-order valence-corrected chi connectivity index (χ4v) is 4.15. The molecule has 2 aromatic rings. The van der Waals surface area contributed by atoms with Crippen LogP contribution in [0.5, 0.6) is 0 Å². The number of aromatic nitrogens is 1. The quantitative estimate of drug-likeness (QED) is 0.808. The van der Waals surface area contributed by atoms with E-state index < -0.39 is 6.10 Å². The van der Waals surface area contributed by atoms with E-state index in [0.717, 1.165) is 12.0 Å². The smallest absolute Gasteiger partial charge is 0.178 e. The second-order valence-corrected chi connectivity index (χ2v) is 8.81. The fraction of sp³-hybridized carbons (Fsp3) is 0.522. The molecule has 0 amide bonds. The van der Waals surface area contributed by atoms with Crippen molar-refractivity contribution in [3.8, 4) is 0 Å². The molecule has 0 spiro atoms. The maximum absolute atomic E-state index is 11.0. The van der Waals surface area contributed by atoms with Gasteiger partial charge in [0.15, 0.2) is 18.9 Å². The molecule has 1 aliphatic rings. The Balaban J connectivity index is 2.05. The summed E-state index contributed by atoms with van der Waals surface area (Å²) < 4.78 is 2.05. The summed E-state index contributed by atoms with van der Waals surface area (Å²) in [6.07, 6.45) is 6.92. The van der Waals surface area contributed by atoms with Crippen molar-refractivity contribution in [3.05, 3.63) is 65.0 Å². The third-order valence-corrected chi connectivity index (χ3v) is 6.01. The molecule has 0 saturated heterocycles. The lowest BCUT2D eigenvalue weighted by Gasteiger charge is -2.42. The van der Waals surface area contributed by atoms with Crippen molar-refractivity contribution in [1.29, 1.82) is 0 Å². The summed E-state index contributed by atoms with van der Waals surface area (Å²) in [5.74, 6) is 0. The lowest BCUT2D eigenvalue weighted by Crippen LogP contribution is -2.37. The zero-order valence-electron chi connectivity index (χ0n) is 16.3. The van der Waals surface area contributed by atoms with Crippen LogP contribution in [0.2, 0.25) is 0 Å². The van der Waals surface area contributed by atoms with E-state index in [1.807, 2.05) is 30.6 Å². The molecule has 2 nitrogen and oxygen atoms in total. The van der Waals surface area contributed by atoms with Gasteiger partial charge >= 0.3 is 0 Å². The van der Waals surface area contributed by atoms with Gasteiger partial charge in [-0.05, 0) is 52.3 Å². The minimum absolute atomic E-state index is 0.172. The lowest BCUT2D eigenvalue weighted by atomic mass is 9.62. The number of pyridine rings is 1. The summed E-state index contributed by atoms with van der Waals surface area (Å²) in [6, 6.07) is 10.7. The largest absolute Gasteiger partial charge is 0.382 e. The molecule has 1 aliphatic carbocycles. The Hall–Kier alpha value is -1.67. The van der Waals surface area contributed by atoms with Crippen LogP contribution in [0.1, 0.15) is 75.8 Å². The third kappa shape index (κ3) is 3.50. The van der Waals surface area contributed by atoms with Gasteiger partial charge in [0.05, 0.1) is 0 Å². The second kappa shape index (κ2) is 6.57. The van der Waals surface area contributed by atoms with Crippen molar-refractivity contribution in [3.63, 3.8) is 0 Å². The van der Waals surface area contributed by atoms with Crippen molar-refractivity contribution < 1.29 is 9.67 Å². The lowest BCUT2D eigenvalue weighted by molar-refractivity contribution is -0.704. The van der Waals surface area contributed by atoms with Gasteiger partial charge in [-0.1, -0.05) is 52.8 Å². The van der Waals surface area contributed by atoms with E-state index in [1.165, 1.54) is 29.5 Å². The van der Waals surface area contributed by atoms with Crippen LogP contribution in [-0.2, 0) is 23.8 Å². The number of hydrogen-bond donors (Lipinski definition) is 1. The highest BCUT2D eigenvalue weighted by Crippen LogP contribution is 2.47. The number of benzene rings is 1. The molecule has 1 N–H and O–H groups in total. The molecule has 25 heavy (non-hydrogen) atoms. The first-order valence-corrected chi connectivity index (χ1v) is 9.54. The molecule has 0 unspecified atom stereocenters. The number of rotatable bonds is 4. The zero-order chi connectivity index (χ0) is 18.2. The summed E-state index contributed by atoms with van der Waals surface area (Å²) in [5, 5.41) is 11.0. The molecule has 0 bridgehead atoms. The molecule has 1 aromatic heterocycles. The number of fused-ring (bicyclic) bond motifs is 1. The van der Waals surface area contributed by atoms with Crippen molar-refractivity contribution >= 4 is 0 Å². The molecular formula is C23H32NO+. The van der Waals surface area contributed by atoms with Crippen LogP contribution < -0.4 is 4.57 Å². The fourth-order valence-electron chi connectivity index (χ4n) is 4.15. The first-order valence-electron chi connectivity index (χ1n) is 9.54. The Morgan fingerprint density at radius 3 is 2.08 bits per heavy atom. The summed E-state index contributed by atoms with van der Waals surface area (Å²) in [4.78, 5) is 0. The van der Waals surface area contributed by atoms with E-state index in [1.54, 1.807) is 0 Å². The van der Waals surface area contributed by atoms with Crippen LogP contribution in [0.3, 0.4) is 0 Å². The number of aliphatic hydroxyl groups is 1. The molecular weight excluding hydrogens is 306 g/mol. The summed E-state index contributed by atoms with van der Waals surface area (Å²) in [7, 11) is 0. The van der Waals surface area contributed by atoms with Gasteiger partial charge in [-0.2, -0.15) is 0 Å². The SMILES string of the molecule is CCc1cc2c(cc1[C@H](O)C[n+]1ccccc1)C(C)(C)CCC2(C)C. The van der Waals surface area contributed by atoms with E-state index in [4.69, 9.17) is 0 Å².